The van der Waals surface area contributed by atoms with Crippen molar-refractivity contribution in [2.75, 3.05) is 0 Å². The van der Waals surface area contributed by atoms with Crippen LogP contribution in [0.4, 0.5) is 13.2 Å². The summed E-state index contributed by atoms with van der Waals surface area (Å²) in [6, 6.07) is 3.44. The quantitative estimate of drug-likeness (QED) is 0.861. The number of alkyl halides is 3. The molecular weight excluding hydrogens is 251 g/mol. The molecule has 0 aliphatic carbocycles. The largest absolute Gasteiger partial charge is 0.417 e. The van der Waals surface area contributed by atoms with Gasteiger partial charge in [-0.05, 0) is 23.6 Å². The second-order valence-electron chi connectivity index (χ2n) is 4.15. The highest BCUT2D eigenvalue weighted by Crippen LogP contribution is 2.36. The number of halogens is 4. The van der Waals surface area contributed by atoms with Gasteiger partial charge in [-0.1, -0.05) is 37.9 Å². The molecule has 0 bridgehead atoms. The molecule has 17 heavy (non-hydrogen) atoms. The van der Waals surface area contributed by atoms with Crippen molar-refractivity contribution in [2.24, 2.45) is 11.7 Å². The fourth-order valence-electron chi connectivity index (χ4n) is 1.55. The summed E-state index contributed by atoms with van der Waals surface area (Å²) < 4.78 is 37.9. The van der Waals surface area contributed by atoms with Crippen molar-refractivity contribution in [2.45, 2.75) is 32.5 Å². The lowest BCUT2D eigenvalue weighted by atomic mass is 9.92. The average Bonchev–Trinajstić information content (AvgIpc) is 2.26. The number of benzene rings is 1. The molecule has 96 valence electrons. The first-order chi connectivity index (χ1) is 7.77. The Bertz CT molecular complexity index is 390. The Labute approximate surface area is 104 Å². The van der Waals surface area contributed by atoms with Crippen LogP contribution in [0, 0.1) is 5.92 Å². The van der Waals surface area contributed by atoms with Gasteiger partial charge in [0.15, 0.2) is 0 Å². The van der Waals surface area contributed by atoms with Gasteiger partial charge < -0.3 is 5.73 Å². The zero-order valence-electron chi connectivity index (χ0n) is 9.68. The standard InChI is InChI=1S/C12H15ClF3N/c1-3-7(2)11(17)8-4-5-10(13)9(6-8)12(14,15)16/h4-7,11H,3,17H2,1-2H3/t7?,11-/m0/s1. The second-order valence-corrected chi connectivity index (χ2v) is 4.56. The number of hydrogen-bond donors (Lipinski definition) is 1. The van der Waals surface area contributed by atoms with Crippen molar-refractivity contribution >= 4 is 11.6 Å². The van der Waals surface area contributed by atoms with Crippen LogP contribution in [0.25, 0.3) is 0 Å². The monoisotopic (exact) mass is 265 g/mol. The topological polar surface area (TPSA) is 26.0 Å². The van der Waals surface area contributed by atoms with Gasteiger partial charge in [0.25, 0.3) is 0 Å². The maximum absolute atomic E-state index is 12.6. The number of hydrogen-bond acceptors (Lipinski definition) is 1. The van der Waals surface area contributed by atoms with E-state index in [1.807, 2.05) is 13.8 Å². The van der Waals surface area contributed by atoms with E-state index in [-0.39, 0.29) is 10.9 Å². The van der Waals surface area contributed by atoms with Crippen molar-refractivity contribution in [1.82, 2.24) is 0 Å². The van der Waals surface area contributed by atoms with Gasteiger partial charge in [-0.2, -0.15) is 13.2 Å². The van der Waals surface area contributed by atoms with E-state index in [0.29, 0.717) is 5.56 Å². The Morgan fingerprint density at radius 2 is 1.94 bits per heavy atom. The molecule has 0 aliphatic heterocycles. The molecule has 0 spiro atoms. The third kappa shape index (κ3) is 3.36. The van der Waals surface area contributed by atoms with Crippen LogP contribution in [0.5, 0.6) is 0 Å². The lowest BCUT2D eigenvalue weighted by molar-refractivity contribution is -0.137. The van der Waals surface area contributed by atoms with E-state index in [9.17, 15) is 13.2 Å². The highest BCUT2D eigenvalue weighted by molar-refractivity contribution is 6.31. The van der Waals surface area contributed by atoms with Crippen LogP contribution in [0.1, 0.15) is 37.4 Å². The molecule has 2 N–H and O–H groups in total. The molecule has 1 aromatic rings. The lowest BCUT2D eigenvalue weighted by Gasteiger charge is -2.20. The molecule has 0 amide bonds. The Balaban J connectivity index is 3.13. The summed E-state index contributed by atoms with van der Waals surface area (Å²) >= 11 is 5.54. The first-order valence-corrected chi connectivity index (χ1v) is 5.77. The van der Waals surface area contributed by atoms with Gasteiger partial charge in [0.2, 0.25) is 0 Å². The maximum Gasteiger partial charge on any atom is 0.417 e. The van der Waals surface area contributed by atoms with Gasteiger partial charge in [0, 0.05) is 6.04 Å². The predicted molar refractivity (Wildman–Crippen MR) is 62.8 cm³/mol. The van der Waals surface area contributed by atoms with Crippen molar-refractivity contribution in [3.05, 3.63) is 34.3 Å². The number of rotatable bonds is 3. The average molecular weight is 266 g/mol. The van der Waals surface area contributed by atoms with Crippen LogP contribution in [0.3, 0.4) is 0 Å². The van der Waals surface area contributed by atoms with Crippen LogP contribution < -0.4 is 5.73 Å². The van der Waals surface area contributed by atoms with E-state index < -0.39 is 17.8 Å². The normalized spacial score (nSPS) is 15.7. The molecule has 2 atom stereocenters. The van der Waals surface area contributed by atoms with E-state index in [4.69, 9.17) is 17.3 Å². The molecule has 1 rings (SSSR count). The smallest absolute Gasteiger partial charge is 0.324 e. The van der Waals surface area contributed by atoms with E-state index >= 15 is 0 Å². The fourth-order valence-corrected chi connectivity index (χ4v) is 1.77. The molecule has 5 heteroatoms. The Morgan fingerprint density at radius 1 is 1.35 bits per heavy atom. The van der Waals surface area contributed by atoms with E-state index in [0.717, 1.165) is 12.5 Å². The van der Waals surface area contributed by atoms with Crippen LogP contribution in [0.15, 0.2) is 18.2 Å². The molecule has 1 aromatic carbocycles. The molecule has 1 unspecified atom stereocenters. The van der Waals surface area contributed by atoms with Crippen LogP contribution in [-0.4, -0.2) is 0 Å². The summed E-state index contributed by atoms with van der Waals surface area (Å²) in [5.74, 6) is 0.122. The van der Waals surface area contributed by atoms with Crippen molar-refractivity contribution in [3.8, 4) is 0 Å². The van der Waals surface area contributed by atoms with Crippen molar-refractivity contribution in [3.63, 3.8) is 0 Å². The third-order valence-electron chi connectivity index (χ3n) is 2.94. The maximum atomic E-state index is 12.6. The molecule has 0 saturated carbocycles. The first kappa shape index (κ1) is 14.3. The van der Waals surface area contributed by atoms with Gasteiger partial charge in [0.1, 0.15) is 0 Å². The summed E-state index contributed by atoms with van der Waals surface area (Å²) in [5, 5.41) is -0.294. The highest BCUT2D eigenvalue weighted by Gasteiger charge is 2.33. The molecule has 0 fully saturated rings. The van der Waals surface area contributed by atoms with Gasteiger partial charge >= 0.3 is 6.18 Å². The van der Waals surface area contributed by atoms with Gasteiger partial charge in [-0.3, -0.25) is 0 Å². The molecule has 0 aliphatic rings. The molecule has 0 radical (unpaired) electrons. The zero-order chi connectivity index (χ0) is 13.2. The minimum atomic E-state index is -4.44. The lowest BCUT2D eigenvalue weighted by Crippen LogP contribution is -2.19. The second kappa shape index (κ2) is 5.27. The molecule has 0 saturated heterocycles. The Hall–Kier alpha value is -0.740. The molecule has 0 aromatic heterocycles. The highest BCUT2D eigenvalue weighted by atomic mass is 35.5. The molecule has 1 nitrogen and oxygen atoms in total. The molecule has 0 heterocycles. The fraction of sp³-hybridized carbons (Fsp3) is 0.500. The summed E-state index contributed by atoms with van der Waals surface area (Å²) in [4.78, 5) is 0. The third-order valence-corrected chi connectivity index (χ3v) is 3.27. The minimum absolute atomic E-state index is 0.122. The summed E-state index contributed by atoms with van der Waals surface area (Å²) in [6.45, 7) is 3.86. The summed E-state index contributed by atoms with van der Waals surface area (Å²) in [5.41, 5.74) is 5.55. The zero-order valence-corrected chi connectivity index (χ0v) is 10.4. The van der Waals surface area contributed by atoms with E-state index in [2.05, 4.69) is 0 Å². The van der Waals surface area contributed by atoms with Crippen LogP contribution in [0.2, 0.25) is 5.02 Å². The van der Waals surface area contributed by atoms with Crippen LogP contribution in [-0.2, 0) is 6.18 Å². The van der Waals surface area contributed by atoms with Crippen molar-refractivity contribution < 1.29 is 13.2 Å². The molecular formula is C12H15ClF3N. The van der Waals surface area contributed by atoms with E-state index in [1.165, 1.54) is 6.07 Å². The van der Waals surface area contributed by atoms with Crippen molar-refractivity contribution in [1.29, 1.82) is 0 Å². The number of nitrogens with two attached hydrogens (primary N) is 1. The Kier molecular flexibility index (Phi) is 4.44. The van der Waals surface area contributed by atoms with Gasteiger partial charge in [0.05, 0.1) is 10.6 Å². The summed E-state index contributed by atoms with van der Waals surface area (Å²) in [7, 11) is 0. The van der Waals surface area contributed by atoms with E-state index in [1.54, 1.807) is 6.07 Å². The van der Waals surface area contributed by atoms with Crippen LogP contribution >= 0.6 is 11.6 Å². The first-order valence-electron chi connectivity index (χ1n) is 5.39. The van der Waals surface area contributed by atoms with Gasteiger partial charge in [-0.25, -0.2) is 0 Å². The Morgan fingerprint density at radius 3 is 2.41 bits per heavy atom. The SMILES string of the molecule is CCC(C)[C@H](N)c1ccc(Cl)c(C(F)(F)F)c1. The summed E-state index contributed by atoms with van der Waals surface area (Å²) in [6.07, 6.45) is -3.63. The minimum Gasteiger partial charge on any atom is -0.324 e. The van der Waals surface area contributed by atoms with Gasteiger partial charge in [-0.15, -0.1) is 0 Å². The predicted octanol–water partition coefficient (Wildman–Crippen LogP) is 4.40.